The summed E-state index contributed by atoms with van der Waals surface area (Å²) in [5.41, 5.74) is 0.804. The number of pyridine rings is 1. The summed E-state index contributed by atoms with van der Waals surface area (Å²) in [6, 6.07) is 3.44. The summed E-state index contributed by atoms with van der Waals surface area (Å²) in [7, 11) is 1.37. The molecule has 0 radical (unpaired) electrons. The minimum absolute atomic E-state index is 0.234. The molecule has 0 fully saturated rings. The number of aromatic nitrogens is 1. The lowest BCUT2D eigenvalue weighted by Gasteiger charge is -1.99. The van der Waals surface area contributed by atoms with Crippen molar-refractivity contribution in [3.8, 4) is 0 Å². The molecule has 0 saturated heterocycles. The molecular formula is C9H10ClNO2. The zero-order valence-electron chi connectivity index (χ0n) is 7.29. The fourth-order valence-electron chi connectivity index (χ4n) is 0.918. The minimum atomic E-state index is -0.234. The summed E-state index contributed by atoms with van der Waals surface area (Å²) in [5, 5.41) is 0.634. The molecule has 0 bridgehead atoms. The average molecular weight is 200 g/mol. The first-order valence-corrected chi connectivity index (χ1v) is 4.27. The van der Waals surface area contributed by atoms with E-state index >= 15 is 0 Å². The number of esters is 1. The first-order valence-electron chi connectivity index (χ1n) is 3.89. The minimum Gasteiger partial charge on any atom is -0.469 e. The van der Waals surface area contributed by atoms with Crippen molar-refractivity contribution in [3.63, 3.8) is 0 Å². The highest BCUT2D eigenvalue weighted by molar-refractivity contribution is 6.30. The van der Waals surface area contributed by atoms with Gasteiger partial charge in [0.1, 0.15) is 0 Å². The van der Waals surface area contributed by atoms with E-state index in [0.29, 0.717) is 17.9 Å². The lowest BCUT2D eigenvalue weighted by Crippen LogP contribution is -2.02. The topological polar surface area (TPSA) is 39.2 Å². The molecule has 1 aromatic heterocycles. The number of hydrogen-bond acceptors (Lipinski definition) is 3. The zero-order chi connectivity index (χ0) is 9.68. The maximum atomic E-state index is 10.8. The number of ether oxygens (including phenoxy) is 1. The largest absolute Gasteiger partial charge is 0.469 e. The summed E-state index contributed by atoms with van der Waals surface area (Å²) in [6.07, 6.45) is 2.52. The fourth-order valence-corrected chi connectivity index (χ4v) is 1.10. The number of methoxy groups -OCH3 is 1. The Morgan fingerprint density at radius 3 is 3.08 bits per heavy atom. The maximum Gasteiger partial charge on any atom is 0.305 e. The third kappa shape index (κ3) is 3.42. The SMILES string of the molecule is COC(=O)CCc1cc(Cl)ccn1. The van der Waals surface area contributed by atoms with E-state index in [4.69, 9.17) is 11.6 Å². The van der Waals surface area contributed by atoms with E-state index in [-0.39, 0.29) is 5.97 Å². The maximum absolute atomic E-state index is 10.8. The van der Waals surface area contributed by atoms with Crippen molar-refractivity contribution < 1.29 is 9.53 Å². The molecule has 0 saturated carbocycles. The number of aryl methyl sites for hydroxylation is 1. The summed E-state index contributed by atoms with van der Waals surface area (Å²) in [6.45, 7) is 0. The molecule has 1 rings (SSSR count). The molecule has 0 atom stereocenters. The third-order valence-corrected chi connectivity index (χ3v) is 1.83. The Kier molecular flexibility index (Phi) is 3.71. The average Bonchev–Trinajstić information content (AvgIpc) is 2.14. The van der Waals surface area contributed by atoms with Crippen molar-refractivity contribution in [3.05, 3.63) is 29.0 Å². The quantitative estimate of drug-likeness (QED) is 0.698. The Bertz CT molecular complexity index is 301. The van der Waals surface area contributed by atoms with Gasteiger partial charge in [-0.1, -0.05) is 11.6 Å². The Morgan fingerprint density at radius 2 is 2.46 bits per heavy atom. The van der Waals surface area contributed by atoms with Crippen LogP contribution in [0.1, 0.15) is 12.1 Å². The molecule has 3 nitrogen and oxygen atoms in total. The lowest BCUT2D eigenvalue weighted by atomic mass is 10.2. The molecule has 0 aliphatic carbocycles. The van der Waals surface area contributed by atoms with E-state index in [9.17, 15) is 4.79 Å². The smallest absolute Gasteiger partial charge is 0.305 e. The fraction of sp³-hybridized carbons (Fsp3) is 0.333. The normalized spacial score (nSPS) is 9.69. The van der Waals surface area contributed by atoms with Crippen LogP contribution in [0.15, 0.2) is 18.3 Å². The molecular weight excluding hydrogens is 190 g/mol. The van der Waals surface area contributed by atoms with Gasteiger partial charge in [-0.3, -0.25) is 9.78 Å². The van der Waals surface area contributed by atoms with Crippen molar-refractivity contribution in [2.24, 2.45) is 0 Å². The van der Waals surface area contributed by atoms with Gasteiger partial charge in [0.15, 0.2) is 0 Å². The predicted octanol–water partition coefficient (Wildman–Crippen LogP) is 1.84. The number of hydrogen-bond donors (Lipinski definition) is 0. The Labute approximate surface area is 81.7 Å². The van der Waals surface area contributed by atoms with Gasteiger partial charge in [0.25, 0.3) is 0 Å². The lowest BCUT2D eigenvalue weighted by molar-refractivity contribution is -0.140. The molecule has 0 aliphatic rings. The van der Waals surface area contributed by atoms with Gasteiger partial charge in [0.2, 0.25) is 0 Å². The van der Waals surface area contributed by atoms with Gasteiger partial charge in [-0.2, -0.15) is 0 Å². The number of halogens is 1. The van der Waals surface area contributed by atoms with Crippen LogP contribution in [-0.2, 0) is 16.0 Å². The van der Waals surface area contributed by atoms with Crippen LogP contribution in [0.5, 0.6) is 0 Å². The highest BCUT2D eigenvalue weighted by atomic mass is 35.5. The number of carbonyl (C=O) groups excluding carboxylic acids is 1. The van der Waals surface area contributed by atoms with E-state index in [2.05, 4.69) is 9.72 Å². The Hall–Kier alpha value is -1.09. The molecule has 0 amide bonds. The molecule has 4 heteroatoms. The summed E-state index contributed by atoms with van der Waals surface area (Å²) in [5.74, 6) is -0.234. The second-order valence-electron chi connectivity index (χ2n) is 2.54. The van der Waals surface area contributed by atoms with Crippen molar-refractivity contribution in [2.75, 3.05) is 7.11 Å². The molecule has 70 valence electrons. The van der Waals surface area contributed by atoms with Crippen molar-refractivity contribution in [1.29, 1.82) is 0 Å². The van der Waals surface area contributed by atoms with E-state index in [1.54, 1.807) is 18.3 Å². The third-order valence-electron chi connectivity index (χ3n) is 1.59. The summed E-state index contributed by atoms with van der Waals surface area (Å²) in [4.78, 5) is 14.8. The molecule has 1 aromatic rings. The number of rotatable bonds is 3. The van der Waals surface area contributed by atoms with E-state index in [1.165, 1.54) is 7.11 Å². The van der Waals surface area contributed by atoms with Gasteiger partial charge < -0.3 is 4.74 Å². The molecule has 0 aromatic carbocycles. The summed E-state index contributed by atoms with van der Waals surface area (Å²) >= 11 is 5.74. The van der Waals surface area contributed by atoms with E-state index in [1.807, 2.05) is 0 Å². The number of carbonyl (C=O) groups is 1. The van der Waals surface area contributed by atoms with Gasteiger partial charge in [-0.15, -0.1) is 0 Å². The van der Waals surface area contributed by atoms with Crippen LogP contribution in [0.4, 0.5) is 0 Å². The van der Waals surface area contributed by atoms with Crippen LogP contribution in [0, 0.1) is 0 Å². The van der Waals surface area contributed by atoms with Crippen LogP contribution in [0.2, 0.25) is 5.02 Å². The van der Waals surface area contributed by atoms with Crippen LogP contribution < -0.4 is 0 Å². The van der Waals surface area contributed by atoms with Gasteiger partial charge >= 0.3 is 5.97 Å². The van der Waals surface area contributed by atoms with E-state index in [0.717, 1.165) is 5.69 Å². The monoisotopic (exact) mass is 199 g/mol. The van der Waals surface area contributed by atoms with Crippen molar-refractivity contribution in [1.82, 2.24) is 4.98 Å². The van der Waals surface area contributed by atoms with Crippen molar-refractivity contribution in [2.45, 2.75) is 12.8 Å². The Balaban J connectivity index is 2.50. The molecule has 0 N–H and O–H groups in total. The molecule has 0 unspecified atom stereocenters. The van der Waals surface area contributed by atoms with Gasteiger partial charge in [-0.25, -0.2) is 0 Å². The standard InChI is InChI=1S/C9H10ClNO2/c1-13-9(12)3-2-8-6-7(10)4-5-11-8/h4-6H,2-3H2,1H3. The van der Waals surface area contributed by atoms with Gasteiger partial charge in [0, 0.05) is 23.3 Å². The number of nitrogens with zero attached hydrogens (tertiary/aromatic N) is 1. The highest BCUT2D eigenvalue weighted by Gasteiger charge is 2.02. The van der Waals surface area contributed by atoms with Crippen LogP contribution in [0.25, 0.3) is 0 Å². The predicted molar refractivity (Wildman–Crippen MR) is 49.6 cm³/mol. The van der Waals surface area contributed by atoms with Crippen molar-refractivity contribution >= 4 is 17.6 Å². The van der Waals surface area contributed by atoms with Gasteiger partial charge in [-0.05, 0) is 12.1 Å². The molecule has 0 aliphatic heterocycles. The molecule has 0 spiro atoms. The second kappa shape index (κ2) is 4.82. The Morgan fingerprint density at radius 1 is 1.69 bits per heavy atom. The second-order valence-corrected chi connectivity index (χ2v) is 2.98. The highest BCUT2D eigenvalue weighted by Crippen LogP contribution is 2.09. The zero-order valence-corrected chi connectivity index (χ0v) is 8.04. The first-order chi connectivity index (χ1) is 6.22. The first kappa shape index (κ1) is 9.99. The van der Waals surface area contributed by atoms with Crippen LogP contribution in [-0.4, -0.2) is 18.1 Å². The van der Waals surface area contributed by atoms with Crippen LogP contribution >= 0.6 is 11.6 Å². The van der Waals surface area contributed by atoms with Gasteiger partial charge in [0.05, 0.1) is 13.5 Å². The molecule has 13 heavy (non-hydrogen) atoms. The van der Waals surface area contributed by atoms with Crippen LogP contribution in [0.3, 0.4) is 0 Å². The summed E-state index contributed by atoms with van der Waals surface area (Å²) < 4.78 is 4.50. The molecule has 1 heterocycles. The van der Waals surface area contributed by atoms with E-state index < -0.39 is 0 Å².